The number of halogens is 1. The van der Waals surface area contributed by atoms with Crippen molar-refractivity contribution in [3.63, 3.8) is 0 Å². The minimum Gasteiger partial charge on any atom is -0.358 e. The SMILES string of the molecule is CCC(CC)NC(=O)C(C)n1cc(Br)c([N+](=O)[O-])n1. The molecule has 0 aliphatic heterocycles. The Morgan fingerprint density at radius 3 is 2.58 bits per heavy atom. The number of nitrogens with zero attached hydrogens (tertiary/aromatic N) is 3. The Bertz CT molecular complexity index is 471. The van der Waals surface area contributed by atoms with E-state index in [0.717, 1.165) is 12.8 Å². The van der Waals surface area contributed by atoms with Crippen LogP contribution in [0.25, 0.3) is 0 Å². The van der Waals surface area contributed by atoms with Crippen molar-refractivity contribution in [3.05, 3.63) is 20.8 Å². The third-order valence-electron chi connectivity index (χ3n) is 2.95. The van der Waals surface area contributed by atoms with Gasteiger partial charge >= 0.3 is 5.82 Å². The Hall–Kier alpha value is -1.44. The molecule has 1 aromatic rings. The van der Waals surface area contributed by atoms with Crippen LogP contribution in [0.3, 0.4) is 0 Å². The van der Waals surface area contributed by atoms with Gasteiger partial charge in [0.1, 0.15) is 10.5 Å². The lowest BCUT2D eigenvalue weighted by Gasteiger charge is -2.17. The molecule has 0 saturated heterocycles. The van der Waals surface area contributed by atoms with Crippen LogP contribution in [0.2, 0.25) is 0 Å². The standard InChI is InChI=1S/C11H17BrN4O3/c1-4-8(5-2)13-11(17)7(3)15-6-9(12)10(14-15)16(18)19/h6-8H,4-5H2,1-3H3,(H,13,17). The molecule has 106 valence electrons. The number of rotatable bonds is 6. The Balaban J connectivity index is 2.82. The summed E-state index contributed by atoms with van der Waals surface area (Å²) in [4.78, 5) is 22.1. The van der Waals surface area contributed by atoms with Crippen molar-refractivity contribution in [1.82, 2.24) is 15.1 Å². The van der Waals surface area contributed by atoms with E-state index >= 15 is 0 Å². The van der Waals surface area contributed by atoms with Crippen LogP contribution in [0.5, 0.6) is 0 Å². The molecule has 0 fully saturated rings. The maximum Gasteiger partial charge on any atom is 0.404 e. The van der Waals surface area contributed by atoms with Gasteiger partial charge in [-0.2, -0.15) is 4.68 Å². The van der Waals surface area contributed by atoms with Crippen molar-refractivity contribution in [2.75, 3.05) is 0 Å². The van der Waals surface area contributed by atoms with E-state index in [4.69, 9.17) is 0 Å². The lowest BCUT2D eigenvalue weighted by molar-refractivity contribution is -0.390. The van der Waals surface area contributed by atoms with Crippen LogP contribution < -0.4 is 5.32 Å². The van der Waals surface area contributed by atoms with Crippen molar-refractivity contribution in [2.24, 2.45) is 0 Å². The van der Waals surface area contributed by atoms with E-state index in [1.165, 1.54) is 10.9 Å². The number of amides is 1. The van der Waals surface area contributed by atoms with Crippen molar-refractivity contribution < 1.29 is 9.72 Å². The van der Waals surface area contributed by atoms with E-state index in [1.54, 1.807) is 6.92 Å². The second-order valence-corrected chi connectivity index (χ2v) is 5.09. The summed E-state index contributed by atoms with van der Waals surface area (Å²) < 4.78 is 1.56. The van der Waals surface area contributed by atoms with Gasteiger partial charge in [0.25, 0.3) is 0 Å². The fourth-order valence-corrected chi connectivity index (χ4v) is 2.05. The highest BCUT2D eigenvalue weighted by molar-refractivity contribution is 9.10. The molecule has 19 heavy (non-hydrogen) atoms. The highest BCUT2D eigenvalue weighted by Gasteiger charge is 2.25. The first-order chi connectivity index (χ1) is 8.90. The van der Waals surface area contributed by atoms with Gasteiger partial charge in [-0.3, -0.25) is 4.79 Å². The first kappa shape index (κ1) is 15.6. The van der Waals surface area contributed by atoms with Gasteiger partial charge < -0.3 is 15.4 Å². The average Bonchev–Trinajstić information content (AvgIpc) is 2.76. The second-order valence-electron chi connectivity index (χ2n) is 4.24. The largest absolute Gasteiger partial charge is 0.404 e. The van der Waals surface area contributed by atoms with E-state index < -0.39 is 11.0 Å². The Kier molecular flexibility index (Phi) is 5.46. The summed E-state index contributed by atoms with van der Waals surface area (Å²) in [5, 5.41) is 17.4. The number of nitrogens with one attached hydrogen (secondary N) is 1. The molecule has 7 nitrogen and oxygen atoms in total. The molecule has 1 amide bonds. The minimum atomic E-state index is -0.592. The molecule has 0 aliphatic rings. The first-order valence-corrected chi connectivity index (χ1v) is 6.89. The molecule has 0 aliphatic carbocycles. The zero-order valence-electron chi connectivity index (χ0n) is 11.1. The summed E-state index contributed by atoms with van der Waals surface area (Å²) in [5.74, 6) is -0.485. The van der Waals surface area contributed by atoms with Crippen LogP contribution in [0.4, 0.5) is 5.82 Å². The molecule has 0 aromatic carbocycles. The van der Waals surface area contributed by atoms with Crippen LogP contribution in [0, 0.1) is 10.1 Å². The number of hydrogen-bond donors (Lipinski definition) is 1. The fraction of sp³-hybridized carbons (Fsp3) is 0.636. The van der Waals surface area contributed by atoms with Crippen LogP contribution in [0.1, 0.15) is 39.7 Å². The van der Waals surface area contributed by atoms with Gasteiger partial charge in [-0.25, -0.2) is 0 Å². The first-order valence-electron chi connectivity index (χ1n) is 6.10. The molecular weight excluding hydrogens is 316 g/mol. The van der Waals surface area contributed by atoms with Gasteiger partial charge in [0.05, 0.1) is 11.3 Å². The second kappa shape index (κ2) is 6.65. The lowest BCUT2D eigenvalue weighted by atomic mass is 10.1. The zero-order valence-corrected chi connectivity index (χ0v) is 12.7. The summed E-state index contributed by atoms with van der Waals surface area (Å²) in [7, 11) is 0. The van der Waals surface area contributed by atoms with Gasteiger partial charge in [-0.05, 0) is 40.6 Å². The quantitative estimate of drug-likeness (QED) is 0.639. The van der Waals surface area contributed by atoms with Gasteiger partial charge in [-0.1, -0.05) is 13.8 Å². The van der Waals surface area contributed by atoms with E-state index in [9.17, 15) is 14.9 Å². The molecule has 1 heterocycles. The van der Waals surface area contributed by atoms with E-state index in [1.807, 2.05) is 13.8 Å². The average molecular weight is 333 g/mol. The summed E-state index contributed by atoms with van der Waals surface area (Å²) >= 11 is 3.06. The number of nitro groups is 1. The molecule has 0 bridgehead atoms. The third kappa shape index (κ3) is 3.76. The minimum absolute atomic E-state index is 0.115. The number of aromatic nitrogens is 2. The number of hydrogen-bond acceptors (Lipinski definition) is 4. The molecule has 1 N–H and O–H groups in total. The molecule has 8 heteroatoms. The molecular formula is C11H17BrN4O3. The maximum atomic E-state index is 12.0. The molecule has 0 radical (unpaired) electrons. The molecule has 0 saturated carbocycles. The molecule has 1 atom stereocenters. The normalized spacial score (nSPS) is 12.5. The van der Waals surface area contributed by atoms with Crippen LogP contribution in [0.15, 0.2) is 10.7 Å². The summed E-state index contributed by atoms with van der Waals surface area (Å²) in [6, 6.07) is -0.477. The Labute approximate surface area is 119 Å². The maximum absolute atomic E-state index is 12.0. The Morgan fingerprint density at radius 2 is 2.16 bits per heavy atom. The van der Waals surface area contributed by atoms with Crippen LogP contribution >= 0.6 is 15.9 Å². The summed E-state index contributed by atoms with van der Waals surface area (Å²) in [6.45, 7) is 5.64. The summed E-state index contributed by atoms with van der Waals surface area (Å²) in [5.41, 5.74) is 0. The van der Waals surface area contributed by atoms with E-state index in [2.05, 4.69) is 26.3 Å². The van der Waals surface area contributed by atoms with Gasteiger partial charge in [0.2, 0.25) is 5.91 Å². The van der Waals surface area contributed by atoms with Crippen molar-refractivity contribution in [3.8, 4) is 0 Å². The van der Waals surface area contributed by atoms with E-state index in [0.29, 0.717) is 0 Å². The molecule has 1 unspecified atom stereocenters. The molecule has 1 rings (SSSR count). The zero-order chi connectivity index (χ0) is 14.6. The van der Waals surface area contributed by atoms with Crippen molar-refractivity contribution in [2.45, 2.75) is 45.7 Å². The summed E-state index contributed by atoms with van der Waals surface area (Å²) in [6.07, 6.45) is 3.13. The van der Waals surface area contributed by atoms with Gasteiger partial charge in [-0.15, -0.1) is 0 Å². The highest BCUT2D eigenvalue weighted by atomic mass is 79.9. The molecule has 1 aromatic heterocycles. The number of carbonyl (C=O) groups excluding carboxylic acids is 1. The topological polar surface area (TPSA) is 90.1 Å². The van der Waals surface area contributed by atoms with Gasteiger partial charge in [0, 0.05) is 6.04 Å². The lowest BCUT2D eigenvalue weighted by Crippen LogP contribution is -2.38. The number of carbonyl (C=O) groups is 1. The van der Waals surface area contributed by atoms with E-state index in [-0.39, 0.29) is 22.2 Å². The predicted octanol–water partition coefficient (Wildman–Crippen LogP) is 2.42. The monoisotopic (exact) mass is 332 g/mol. The van der Waals surface area contributed by atoms with Crippen LogP contribution in [-0.4, -0.2) is 26.7 Å². The fourth-order valence-electron chi connectivity index (χ4n) is 1.62. The molecule has 0 spiro atoms. The Morgan fingerprint density at radius 1 is 1.58 bits per heavy atom. The van der Waals surface area contributed by atoms with Crippen LogP contribution in [-0.2, 0) is 4.79 Å². The van der Waals surface area contributed by atoms with Crippen molar-refractivity contribution in [1.29, 1.82) is 0 Å². The highest BCUT2D eigenvalue weighted by Crippen LogP contribution is 2.24. The van der Waals surface area contributed by atoms with Crippen molar-refractivity contribution >= 4 is 27.7 Å². The predicted molar refractivity (Wildman–Crippen MR) is 73.8 cm³/mol. The smallest absolute Gasteiger partial charge is 0.358 e. The van der Waals surface area contributed by atoms with Gasteiger partial charge in [0.15, 0.2) is 0 Å². The third-order valence-corrected chi connectivity index (χ3v) is 3.51.